The summed E-state index contributed by atoms with van der Waals surface area (Å²) >= 11 is 0. The zero-order valence-electron chi connectivity index (χ0n) is 14.9. The standard InChI is InChI=1S/C17H26N6.HI/c1-5-18-17(22(3)12-16-20-13-21-23(16)4)19-11-10-15-8-6-14(2)7-9-15;/h6-9,13H,5,10-12H2,1-4H3,(H,18,19);1H. The van der Waals surface area contributed by atoms with Crippen molar-refractivity contribution in [3.63, 3.8) is 0 Å². The Morgan fingerprint density at radius 1 is 1.29 bits per heavy atom. The van der Waals surface area contributed by atoms with E-state index in [0.717, 1.165) is 31.3 Å². The molecular weight excluding hydrogens is 415 g/mol. The predicted octanol–water partition coefficient (Wildman–Crippen LogP) is 2.38. The molecule has 7 heteroatoms. The molecule has 0 saturated heterocycles. The van der Waals surface area contributed by atoms with Crippen LogP contribution >= 0.6 is 24.0 Å². The van der Waals surface area contributed by atoms with Crippen LogP contribution < -0.4 is 5.32 Å². The summed E-state index contributed by atoms with van der Waals surface area (Å²) in [4.78, 5) is 11.0. The second-order valence-electron chi connectivity index (χ2n) is 5.63. The Hall–Kier alpha value is -1.64. The van der Waals surface area contributed by atoms with Crippen LogP contribution in [-0.4, -0.2) is 45.8 Å². The molecule has 0 amide bonds. The van der Waals surface area contributed by atoms with E-state index in [2.05, 4.69) is 58.4 Å². The fraction of sp³-hybridized carbons (Fsp3) is 0.471. The summed E-state index contributed by atoms with van der Waals surface area (Å²) < 4.78 is 1.78. The van der Waals surface area contributed by atoms with Gasteiger partial charge in [-0.3, -0.25) is 9.67 Å². The lowest BCUT2D eigenvalue weighted by atomic mass is 10.1. The van der Waals surface area contributed by atoms with Crippen molar-refractivity contribution in [1.82, 2.24) is 25.0 Å². The Balaban J connectivity index is 0.00000288. The van der Waals surface area contributed by atoms with Crippen molar-refractivity contribution in [3.05, 3.63) is 47.5 Å². The zero-order valence-corrected chi connectivity index (χ0v) is 17.2. The molecule has 0 fully saturated rings. The van der Waals surface area contributed by atoms with Crippen LogP contribution in [0.15, 0.2) is 35.6 Å². The van der Waals surface area contributed by atoms with Crippen molar-refractivity contribution >= 4 is 29.9 Å². The smallest absolute Gasteiger partial charge is 0.194 e. The molecular formula is C17H27IN6. The molecule has 0 unspecified atom stereocenters. The summed E-state index contributed by atoms with van der Waals surface area (Å²) in [5.41, 5.74) is 2.60. The molecule has 6 nitrogen and oxygen atoms in total. The highest BCUT2D eigenvalue weighted by molar-refractivity contribution is 14.0. The Kier molecular flexibility index (Phi) is 8.73. The minimum atomic E-state index is 0. The number of aliphatic imine (C=N–C) groups is 1. The lowest BCUT2D eigenvalue weighted by molar-refractivity contribution is 0.449. The van der Waals surface area contributed by atoms with Crippen LogP contribution in [0.1, 0.15) is 23.9 Å². The number of rotatable bonds is 6. The van der Waals surface area contributed by atoms with E-state index < -0.39 is 0 Å². The van der Waals surface area contributed by atoms with Crippen LogP contribution in [0.3, 0.4) is 0 Å². The molecule has 2 rings (SSSR count). The lowest BCUT2D eigenvalue weighted by Gasteiger charge is -2.21. The predicted molar refractivity (Wildman–Crippen MR) is 109 cm³/mol. The number of halogens is 1. The fourth-order valence-corrected chi connectivity index (χ4v) is 2.27. The number of nitrogens with zero attached hydrogens (tertiary/aromatic N) is 5. The third kappa shape index (κ3) is 6.10. The van der Waals surface area contributed by atoms with Crippen LogP contribution in [-0.2, 0) is 20.0 Å². The quantitative estimate of drug-likeness (QED) is 0.424. The van der Waals surface area contributed by atoms with Crippen LogP contribution in [0, 0.1) is 6.92 Å². The molecule has 0 atom stereocenters. The van der Waals surface area contributed by atoms with Gasteiger partial charge in [0.2, 0.25) is 0 Å². The summed E-state index contributed by atoms with van der Waals surface area (Å²) in [5.74, 6) is 1.80. The number of hydrogen-bond donors (Lipinski definition) is 1. The second-order valence-corrected chi connectivity index (χ2v) is 5.63. The molecule has 0 aliphatic carbocycles. The number of aromatic nitrogens is 3. The van der Waals surface area contributed by atoms with Gasteiger partial charge >= 0.3 is 0 Å². The number of guanidine groups is 1. The number of hydrogen-bond acceptors (Lipinski definition) is 3. The van der Waals surface area contributed by atoms with Crippen molar-refractivity contribution in [2.75, 3.05) is 20.1 Å². The van der Waals surface area contributed by atoms with Gasteiger partial charge in [-0.1, -0.05) is 29.8 Å². The van der Waals surface area contributed by atoms with Crippen molar-refractivity contribution in [2.24, 2.45) is 12.0 Å². The maximum Gasteiger partial charge on any atom is 0.194 e. The van der Waals surface area contributed by atoms with E-state index in [0.29, 0.717) is 6.54 Å². The highest BCUT2D eigenvalue weighted by atomic mass is 127. The molecule has 1 N–H and O–H groups in total. The van der Waals surface area contributed by atoms with E-state index >= 15 is 0 Å². The summed E-state index contributed by atoms with van der Waals surface area (Å²) in [7, 11) is 3.92. The van der Waals surface area contributed by atoms with Crippen LogP contribution in [0.25, 0.3) is 0 Å². The van der Waals surface area contributed by atoms with Gasteiger partial charge in [-0.25, -0.2) is 4.98 Å². The molecule has 24 heavy (non-hydrogen) atoms. The first-order valence-electron chi connectivity index (χ1n) is 7.98. The minimum Gasteiger partial charge on any atom is -0.357 e. The third-order valence-corrected chi connectivity index (χ3v) is 3.66. The van der Waals surface area contributed by atoms with Gasteiger partial charge in [0, 0.05) is 27.2 Å². The highest BCUT2D eigenvalue weighted by Gasteiger charge is 2.09. The molecule has 0 aliphatic rings. The van der Waals surface area contributed by atoms with Gasteiger partial charge < -0.3 is 10.2 Å². The van der Waals surface area contributed by atoms with Crippen molar-refractivity contribution in [2.45, 2.75) is 26.8 Å². The van der Waals surface area contributed by atoms with E-state index in [9.17, 15) is 0 Å². The Bertz CT molecular complexity index is 635. The molecule has 0 spiro atoms. The average molecular weight is 442 g/mol. The number of aryl methyl sites for hydroxylation is 2. The van der Waals surface area contributed by atoms with E-state index in [1.165, 1.54) is 11.1 Å². The van der Waals surface area contributed by atoms with Gasteiger partial charge in [0.15, 0.2) is 5.96 Å². The Morgan fingerprint density at radius 3 is 2.58 bits per heavy atom. The normalized spacial score (nSPS) is 11.1. The Labute approximate surface area is 161 Å². The van der Waals surface area contributed by atoms with Crippen molar-refractivity contribution in [1.29, 1.82) is 0 Å². The van der Waals surface area contributed by atoms with Gasteiger partial charge in [-0.15, -0.1) is 24.0 Å². The maximum atomic E-state index is 4.72. The maximum absolute atomic E-state index is 4.72. The Morgan fingerprint density at radius 2 is 2.00 bits per heavy atom. The van der Waals surface area contributed by atoms with Crippen LogP contribution in [0.5, 0.6) is 0 Å². The van der Waals surface area contributed by atoms with Crippen LogP contribution in [0.2, 0.25) is 0 Å². The molecule has 0 aliphatic heterocycles. The van der Waals surface area contributed by atoms with E-state index in [1.807, 2.05) is 14.1 Å². The first-order valence-corrected chi connectivity index (χ1v) is 7.98. The average Bonchev–Trinajstić information content (AvgIpc) is 2.93. The SMILES string of the molecule is CCNC(=NCCc1ccc(C)cc1)N(C)Cc1ncnn1C.I. The molecule has 1 heterocycles. The fourth-order valence-electron chi connectivity index (χ4n) is 2.27. The molecule has 0 bridgehead atoms. The summed E-state index contributed by atoms with van der Waals surface area (Å²) in [6.07, 6.45) is 2.51. The van der Waals surface area contributed by atoms with Gasteiger partial charge in [0.05, 0.1) is 6.54 Å². The third-order valence-electron chi connectivity index (χ3n) is 3.66. The summed E-state index contributed by atoms with van der Waals surface area (Å²) in [5, 5.41) is 7.43. The lowest BCUT2D eigenvalue weighted by Crippen LogP contribution is -2.39. The molecule has 1 aromatic heterocycles. The molecule has 0 saturated carbocycles. The van der Waals surface area contributed by atoms with Gasteiger partial charge in [-0.2, -0.15) is 5.10 Å². The van der Waals surface area contributed by atoms with Crippen molar-refractivity contribution < 1.29 is 0 Å². The number of nitrogens with one attached hydrogen (secondary N) is 1. The summed E-state index contributed by atoms with van der Waals surface area (Å²) in [6.45, 7) is 6.45. The van der Waals surface area contributed by atoms with Gasteiger partial charge in [-0.05, 0) is 25.8 Å². The topological polar surface area (TPSA) is 58.3 Å². The molecule has 132 valence electrons. The zero-order chi connectivity index (χ0) is 16.7. The first-order chi connectivity index (χ1) is 11.1. The summed E-state index contributed by atoms with van der Waals surface area (Å²) in [6, 6.07) is 8.62. The molecule has 2 aromatic rings. The number of benzene rings is 1. The monoisotopic (exact) mass is 442 g/mol. The highest BCUT2D eigenvalue weighted by Crippen LogP contribution is 2.04. The van der Waals surface area contributed by atoms with E-state index in [1.54, 1.807) is 11.0 Å². The van der Waals surface area contributed by atoms with Gasteiger partial charge in [0.1, 0.15) is 12.2 Å². The molecule has 0 radical (unpaired) electrons. The first kappa shape index (κ1) is 20.4. The van der Waals surface area contributed by atoms with Crippen LogP contribution in [0.4, 0.5) is 0 Å². The van der Waals surface area contributed by atoms with E-state index in [-0.39, 0.29) is 24.0 Å². The van der Waals surface area contributed by atoms with Crippen molar-refractivity contribution in [3.8, 4) is 0 Å². The minimum absolute atomic E-state index is 0. The largest absolute Gasteiger partial charge is 0.357 e. The van der Waals surface area contributed by atoms with Gasteiger partial charge in [0.25, 0.3) is 0 Å². The second kappa shape index (κ2) is 10.3. The molecule has 1 aromatic carbocycles. The van der Waals surface area contributed by atoms with E-state index in [4.69, 9.17) is 4.99 Å².